The number of carbonyl (C=O) groups excluding carboxylic acids is 1. The Bertz CT molecular complexity index is 416. The van der Waals surface area contributed by atoms with Crippen molar-refractivity contribution in [2.24, 2.45) is 5.92 Å². The van der Waals surface area contributed by atoms with Gasteiger partial charge in [-0.1, -0.05) is 30.0 Å². The van der Waals surface area contributed by atoms with E-state index in [1.807, 2.05) is 30.3 Å². The molecular formula is C15H17NO. The lowest BCUT2D eigenvalue weighted by Gasteiger charge is -2.28. The standard InChI is InChI=1S/C15H17NO/c17-13-15-9-5-11-16(12-15)10-4-8-14-6-2-1-3-7-14/h1-3,6-7,13,15H,5,9-12H2. The summed E-state index contributed by atoms with van der Waals surface area (Å²) in [5, 5.41) is 0. The Kier molecular flexibility index (Phi) is 4.35. The normalized spacial score (nSPS) is 20.4. The second kappa shape index (κ2) is 6.22. The predicted molar refractivity (Wildman–Crippen MR) is 68.5 cm³/mol. The van der Waals surface area contributed by atoms with Crippen molar-refractivity contribution in [3.05, 3.63) is 35.9 Å². The molecule has 17 heavy (non-hydrogen) atoms. The van der Waals surface area contributed by atoms with Crippen LogP contribution in [0, 0.1) is 17.8 Å². The van der Waals surface area contributed by atoms with Crippen molar-refractivity contribution in [3.63, 3.8) is 0 Å². The number of likely N-dealkylation sites (tertiary alicyclic amines) is 1. The fourth-order valence-electron chi connectivity index (χ4n) is 2.12. The molecule has 0 bridgehead atoms. The highest BCUT2D eigenvalue weighted by Gasteiger charge is 2.17. The second-order valence-corrected chi connectivity index (χ2v) is 4.44. The summed E-state index contributed by atoms with van der Waals surface area (Å²) >= 11 is 0. The van der Waals surface area contributed by atoms with Crippen LogP contribution in [-0.4, -0.2) is 30.8 Å². The average molecular weight is 227 g/mol. The summed E-state index contributed by atoms with van der Waals surface area (Å²) in [6.07, 6.45) is 3.22. The molecule has 0 amide bonds. The largest absolute Gasteiger partial charge is 0.303 e. The van der Waals surface area contributed by atoms with Crippen LogP contribution in [0.4, 0.5) is 0 Å². The van der Waals surface area contributed by atoms with Crippen LogP contribution in [0.25, 0.3) is 0 Å². The molecule has 0 aromatic heterocycles. The van der Waals surface area contributed by atoms with Crippen molar-refractivity contribution in [2.45, 2.75) is 12.8 Å². The van der Waals surface area contributed by atoms with Gasteiger partial charge in [0.25, 0.3) is 0 Å². The van der Waals surface area contributed by atoms with Crippen LogP contribution < -0.4 is 0 Å². The lowest BCUT2D eigenvalue weighted by Crippen LogP contribution is -2.36. The highest BCUT2D eigenvalue weighted by molar-refractivity contribution is 5.54. The van der Waals surface area contributed by atoms with Crippen LogP contribution in [0.3, 0.4) is 0 Å². The first-order valence-corrected chi connectivity index (χ1v) is 6.10. The first-order chi connectivity index (χ1) is 8.38. The Hall–Kier alpha value is -1.59. The number of benzene rings is 1. The van der Waals surface area contributed by atoms with Gasteiger partial charge in [-0.3, -0.25) is 4.90 Å². The summed E-state index contributed by atoms with van der Waals surface area (Å²) < 4.78 is 0. The molecule has 0 N–H and O–H groups in total. The van der Waals surface area contributed by atoms with E-state index in [0.29, 0.717) is 0 Å². The number of hydrogen-bond donors (Lipinski definition) is 0. The molecule has 1 heterocycles. The summed E-state index contributed by atoms with van der Waals surface area (Å²) in [4.78, 5) is 13.0. The lowest BCUT2D eigenvalue weighted by atomic mass is 10.00. The summed E-state index contributed by atoms with van der Waals surface area (Å²) in [6.45, 7) is 2.69. The van der Waals surface area contributed by atoms with E-state index >= 15 is 0 Å². The van der Waals surface area contributed by atoms with Crippen LogP contribution in [0.1, 0.15) is 18.4 Å². The number of nitrogens with zero attached hydrogens (tertiary/aromatic N) is 1. The Labute approximate surface area is 103 Å². The molecule has 2 nitrogen and oxygen atoms in total. The lowest BCUT2D eigenvalue weighted by molar-refractivity contribution is -0.112. The van der Waals surface area contributed by atoms with Crippen molar-refractivity contribution in [3.8, 4) is 11.8 Å². The van der Waals surface area contributed by atoms with E-state index in [0.717, 1.165) is 44.3 Å². The highest BCUT2D eigenvalue weighted by Crippen LogP contribution is 2.13. The zero-order valence-corrected chi connectivity index (χ0v) is 9.93. The molecule has 2 rings (SSSR count). The van der Waals surface area contributed by atoms with Crippen LogP contribution in [-0.2, 0) is 4.79 Å². The van der Waals surface area contributed by atoms with Gasteiger partial charge in [-0.05, 0) is 31.5 Å². The molecule has 1 saturated heterocycles. The van der Waals surface area contributed by atoms with E-state index in [1.54, 1.807) is 0 Å². The Balaban J connectivity index is 1.86. The number of hydrogen-bond acceptors (Lipinski definition) is 2. The Morgan fingerprint density at radius 2 is 2.18 bits per heavy atom. The number of piperidine rings is 1. The fourth-order valence-corrected chi connectivity index (χ4v) is 2.12. The van der Waals surface area contributed by atoms with Gasteiger partial charge in [0.1, 0.15) is 6.29 Å². The molecule has 1 aromatic rings. The van der Waals surface area contributed by atoms with Crippen LogP contribution in [0.15, 0.2) is 30.3 Å². The van der Waals surface area contributed by atoms with Crippen molar-refractivity contribution < 1.29 is 4.79 Å². The van der Waals surface area contributed by atoms with Crippen molar-refractivity contribution in [1.82, 2.24) is 4.90 Å². The summed E-state index contributed by atoms with van der Waals surface area (Å²) in [6, 6.07) is 10.0. The molecule has 0 radical (unpaired) electrons. The minimum Gasteiger partial charge on any atom is -0.303 e. The fraction of sp³-hybridized carbons (Fsp3) is 0.400. The van der Waals surface area contributed by atoms with E-state index in [-0.39, 0.29) is 5.92 Å². The molecule has 2 heteroatoms. The summed E-state index contributed by atoms with van der Waals surface area (Å²) in [5.74, 6) is 6.53. The number of aldehydes is 1. The van der Waals surface area contributed by atoms with E-state index < -0.39 is 0 Å². The molecule has 0 saturated carbocycles. The van der Waals surface area contributed by atoms with Crippen LogP contribution >= 0.6 is 0 Å². The third-order valence-corrected chi connectivity index (χ3v) is 3.04. The number of carbonyl (C=O) groups is 1. The monoisotopic (exact) mass is 227 g/mol. The molecule has 1 aliphatic heterocycles. The number of rotatable bonds is 2. The topological polar surface area (TPSA) is 20.3 Å². The maximum Gasteiger partial charge on any atom is 0.124 e. The van der Waals surface area contributed by atoms with Gasteiger partial charge < -0.3 is 4.79 Å². The van der Waals surface area contributed by atoms with E-state index in [9.17, 15) is 4.79 Å². The smallest absolute Gasteiger partial charge is 0.124 e. The van der Waals surface area contributed by atoms with Gasteiger partial charge in [0.05, 0.1) is 6.54 Å². The molecule has 1 fully saturated rings. The van der Waals surface area contributed by atoms with Crippen LogP contribution in [0.2, 0.25) is 0 Å². The average Bonchev–Trinajstić information content (AvgIpc) is 2.40. The molecule has 0 aliphatic carbocycles. The van der Waals surface area contributed by atoms with Crippen LogP contribution in [0.5, 0.6) is 0 Å². The Morgan fingerprint density at radius 1 is 1.35 bits per heavy atom. The summed E-state index contributed by atoms with van der Waals surface area (Å²) in [7, 11) is 0. The minimum atomic E-state index is 0.210. The van der Waals surface area contributed by atoms with Gasteiger partial charge in [0.2, 0.25) is 0 Å². The van der Waals surface area contributed by atoms with Gasteiger partial charge in [-0.15, -0.1) is 0 Å². The van der Waals surface area contributed by atoms with E-state index in [2.05, 4.69) is 16.7 Å². The van der Waals surface area contributed by atoms with Crippen molar-refractivity contribution in [2.75, 3.05) is 19.6 Å². The molecule has 1 aromatic carbocycles. The van der Waals surface area contributed by atoms with Crippen molar-refractivity contribution >= 4 is 6.29 Å². The first-order valence-electron chi connectivity index (χ1n) is 6.10. The third-order valence-electron chi connectivity index (χ3n) is 3.04. The second-order valence-electron chi connectivity index (χ2n) is 4.44. The molecule has 1 unspecified atom stereocenters. The molecular weight excluding hydrogens is 210 g/mol. The van der Waals surface area contributed by atoms with Gasteiger partial charge in [-0.2, -0.15) is 0 Å². The first kappa shape index (κ1) is 11.9. The quantitative estimate of drug-likeness (QED) is 0.568. The van der Waals surface area contributed by atoms with E-state index in [4.69, 9.17) is 0 Å². The zero-order chi connectivity index (χ0) is 11.9. The molecule has 1 aliphatic rings. The van der Waals surface area contributed by atoms with E-state index in [1.165, 1.54) is 0 Å². The van der Waals surface area contributed by atoms with Gasteiger partial charge in [-0.25, -0.2) is 0 Å². The summed E-state index contributed by atoms with van der Waals surface area (Å²) in [5.41, 5.74) is 1.05. The maximum atomic E-state index is 10.7. The third kappa shape index (κ3) is 3.72. The highest BCUT2D eigenvalue weighted by atomic mass is 16.1. The molecule has 1 atom stereocenters. The SMILES string of the molecule is O=CC1CCCN(CC#Cc2ccccc2)C1. The zero-order valence-electron chi connectivity index (χ0n) is 9.93. The van der Waals surface area contributed by atoms with Crippen molar-refractivity contribution in [1.29, 1.82) is 0 Å². The maximum absolute atomic E-state index is 10.7. The minimum absolute atomic E-state index is 0.210. The van der Waals surface area contributed by atoms with Gasteiger partial charge >= 0.3 is 0 Å². The van der Waals surface area contributed by atoms with Gasteiger partial charge in [0.15, 0.2) is 0 Å². The van der Waals surface area contributed by atoms with Gasteiger partial charge in [0, 0.05) is 18.0 Å². The predicted octanol–water partition coefficient (Wildman–Crippen LogP) is 1.95. The molecule has 88 valence electrons. The molecule has 0 spiro atoms. The Morgan fingerprint density at radius 3 is 2.94 bits per heavy atom.